The van der Waals surface area contributed by atoms with Crippen molar-refractivity contribution in [2.24, 2.45) is 11.8 Å². The van der Waals surface area contributed by atoms with Gasteiger partial charge >= 0.3 is 0 Å². The van der Waals surface area contributed by atoms with E-state index >= 15 is 0 Å². The molecule has 1 saturated heterocycles. The topological polar surface area (TPSA) is 92.8 Å². The fraction of sp³-hybridized carbons (Fsp3) is 0.579. The molecular formula is C19H26N2O5S. The standard InChI is InChI=1S/C19H26N2O5S/c1-3-21(14-9-10-27(24,25)12-14)19(23)17-11-16(17)18(22)20-13-5-7-15(8-6-13)26-4-2/h5-8,14,16-17H,3-4,9-12H2,1-2H3,(H,20,22). The summed E-state index contributed by atoms with van der Waals surface area (Å²) in [6.07, 6.45) is 0.995. The first-order chi connectivity index (χ1) is 12.8. The molecule has 1 aromatic rings. The summed E-state index contributed by atoms with van der Waals surface area (Å²) in [5.41, 5.74) is 0.663. The molecule has 3 atom stereocenters. The summed E-state index contributed by atoms with van der Waals surface area (Å²) in [5, 5.41) is 2.84. The highest BCUT2D eigenvalue weighted by atomic mass is 32.2. The van der Waals surface area contributed by atoms with E-state index in [2.05, 4.69) is 5.32 Å². The first-order valence-corrected chi connectivity index (χ1v) is 11.2. The van der Waals surface area contributed by atoms with Crippen molar-refractivity contribution in [2.75, 3.05) is 30.0 Å². The van der Waals surface area contributed by atoms with Crippen LogP contribution in [0.4, 0.5) is 5.69 Å². The third-order valence-electron chi connectivity index (χ3n) is 5.15. The number of anilines is 1. The van der Waals surface area contributed by atoms with E-state index in [0.29, 0.717) is 31.7 Å². The summed E-state index contributed by atoms with van der Waals surface area (Å²) in [7, 11) is -3.05. The molecule has 3 rings (SSSR count). The molecule has 2 amide bonds. The molecule has 27 heavy (non-hydrogen) atoms. The van der Waals surface area contributed by atoms with Crippen molar-refractivity contribution >= 4 is 27.3 Å². The maximum absolute atomic E-state index is 12.8. The van der Waals surface area contributed by atoms with E-state index in [4.69, 9.17) is 4.74 Å². The molecule has 2 aliphatic rings. The molecule has 1 aromatic carbocycles. The molecular weight excluding hydrogens is 368 g/mol. The minimum Gasteiger partial charge on any atom is -0.494 e. The second-order valence-electron chi connectivity index (χ2n) is 7.08. The zero-order valence-corrected chi connectivity index (χ0v) is 16.5. The monoisotopic (exact) mass is 394 g/mol. The predicted molar refractivity (Wildman–Crippen MR) is 102 cm³/mol. The summed E-state index contributed by atoms with van der Waals surface area (Å²) in [6, 6.07) is 6.85. The van der Waals surface area contributed by atoms with Crippen LogP contribution in [0.1, 0.15) is 26.7 Å². The third kappa shape index (κ3) is 4.61. The molecule has 3 unspecified atom stereocenters. The van der Waals surface area contributed by atoms with Crippen LogP contribution in [-0.4, -0.2) is 55.8 Å². The van der Waals surface area contributed by atoms with Crippen LogP contribution in [-0.2, 0) is 19.4 Å². The van der Waals surface area contributed by atoms with Crippen molar-refractivity contribution in [3.05, 3.63) is 24.3 Å². The minimum atomic E-state index is -3.05. The molecule has 1 N–H and O–H groups in total. The fourth-order valence-corrected chi connectivity index (χ4v) is 5.35. The molecule has 1 aliphatic heterocycles. The SMILES string of the molecule is CCOc1ccc(NC(=O)C2CC2C(=O)N(CC)C2CCS(=O)(=O)C2)cc1. The number of hydrogen-bond donors (Lipinski definition) is 1. The third-order valence-corrected chi connectivity index (χ3v) is 6.90. The lowest BCUT2D eigenvalue weighted by molar-refractivity contribution is -0.135. The maximum Gasteiger partial charge on any atom is 0.228 e. The van der Waals surface area contributed by atoms with Crippen LogP contribution >= 0.6 is 0 Å². The molecule has 1 aliphatic carbocycles. The van der Waals surface area contributed by atoms with E-state index in [1.165, 1.54) is 0 Å². The quantitative estimate of drug-likeness (QED) is 0.760. The smallest absolute Gasteiger partial charge is 0.228 e. The number of sulfone groups is 1. The number of nitrogens with zero attached hydrogens (tertiary/aromatic N) is 1. The van der Waals surface area contributed by atoms with Crippen LogP contribution in [0.15, 0.2) is 24.3 Å². The Labute approximate surface area is 160 Å². The van der Waals surface area contributed by atoms with Gasteiger partial charge in [0, 0.05) is 18.3 Å². The van der Waals surface area contributed by atoms with Gasteiger partial charge in [0.25, 0.3) is 0 Å². The molecule has 8 heteroatoms. The molecule has 0 bridgehead atoms. The summed E-state index contributed by atoms with van der Waals surface area (Å²) in [5.74, 6) is -0.0814. The van der Waals surface area contributed by atoms with Gasteiger partial charge in [-0.2, -0.15) is 0 Å². The lowest BCUT2D eigenvalue weighted by Gasteiger charge is -2.27. The summed E-state index contributed by atoms with van der Waals surface area (Å²) < 4.78 is 28.8. The van der Waals surface area contributed by atoms with Crippen molar-refractivity contribution in [3.63, 3.8) is 0 Å². The highest BCUT2D eigenvalue weighted by molar-refractivity contribution is 7.91. The van der Waals surface area contributed by atoms with Crippen LogP contribution in [0, 0.1) is 11.8 Å². The van der Waals surface area contributed by atoms with Crippen LogP contribution in [0.25, 0.3) is 0 Å². The number of nitrogens with one attached hydrogen (secondary N) is 1. The molecule has 0 radical (unpaired) electrons. The number of benzene rings is 1. The molecule has 1 heterocycles. The van der Waals surface area contributed by atoms with Crippen LogP contribution in [0.2, 0.25) is 0 Å². The Kier molecular flexibility index (Phi) is 5.74. The van der Waals surface area contributed by atoms with Gasteiger partial charge in [0.1, 0.15) is 5.75 Å². The lowest BCUT2D eigenvalue weighted by Crippen LogP contribution is -2.42. The van der Waals surface area contributed by atoms with Gasteiger partial charge in [-0.3, -0.25) is 9.59 Å². The summed E-state index contributed by atoms with van der Waals surface area (Å²) >= 11 is 0. The van der Waals surface area contributed by atoms with Gasteiger partial charge in [0.15, 0.2) is 9.84 Å². The van der Waals surface area contributed by atoms with E-state index in [-0.39, 0.29) is 41.2 Å². The van der Waals surface area contributed by atoms with E-state index in [0.717, 1.165) is 5.75 Å². The average molecular weight is 394 g/mol. The fourth-order valence-electron chi connectivity index (χ4n) is 3.62. The Balaban J connectivity index is 1.56. The first-order valence-electron chi connectivity index (χ1n) is 9.39. The lowest BCUT2D eigenvalue weighted by atomic mass is 10.2. The normalized spacial score (nSPS) is 25.6. The van der Waals surface area contributed by atoms with Gasteiger partial charge in [-0.1, -0.05) is 0 Å². The summed E-state index contributed by atoms with van der Waals surface area (Å²) in [6.45, 7) is 4.79. The zero-order valence-electron chi connectivity index (χ0n) is 15.7. The molecule has 1 saturated carbocycles. The Morgan fingerprint density at radius 3 is 2.44 bits per heavy atom. The maximum atomic E-state index is 12.8. The number of amides is 2. The van der Waals surface area contributed by atoms with Crippen molar-refractivity contribution in [1.29, 1.82) is 0 Å². The van der Waals surface area contributed by atoms with Crippen molar-refractivity contribution in [1.82, 2.24) is 4.90 Å². The molecule has 0 aromatic heterocycles. The van der Waals surface area contributed by atoms with E-state index in [1.54, 1.807) is 29.2 Å². The predicted octanol–water partition coefficient (Wildman–Crippen LogP) is 1.70. The van der Waals surface area contributed by atoms with Gasteiger partial charge in [-0.15, -0.1) is 0 Å². The van der Waals surface area contributed by atoms with E-state index < -0.39 is 9.84 Å². The molecule has 7 nitrogen and oxygen atoms in total. The van der Waals surface area contributed by atoms with E-state index in [9.17, 15) is 18.0 Å². The van der Waals surface area contributed by atoms with Gasteiger partial charge < -0.3 is 15.0 Å². The van der Waals surface area contributed by atoms with Gasteiger partial charge in [0.05, 0.1) is 29.9 Å². The van der Waals surface area contributed by atoms with Crippen LogP contribution in [0.5, 0.6) is 5.75 Å². The Morgan fingerprint density at radius 2 is 1.89 bits per heavy atom. The van der Waals surface area contributed by atoms with Gasteiger partial charge in [-0.05, 0) is 51.0 Å². The number of hydrogen-bond acceptors (Lipinski definition) is 5. The second kappa shape index (κ2) is 7.88. The highest BCUT2D eigenvalue weighted by Gasteiger charge is 2.50. The molecule has 148 valence electrons. The number of ether oxygens (including phenoxy) is 1. The van der Waals surface area contributed by atoms with Gasteiger partial charge in [-0.25, -0.2) is 8.42 Å². The van der Waals surface area contributed by atoms with Crippen molar-refractivity contribution in [3.8, 4) is 5.75 Å². The van der Waals surface area contributed by atoms with Gasteiger partial charge in [0.2, 0.25) is 11.8 Å². The Hall–Kier alpha value is -2.09. The number of carbonyl (C=O) groups excluding carboxylic acids is 2. The minimum absolute atomic E-state index is 0.0301. The summed E-state index contributed by atoms with van der Waals surface area (Å²) in [4.78, 5) is 26.8. The number of carbonyl (C=O) groups is 2. The van der Waals surface area contributed by atoms with E-state index in [1.807, 2.05) is 13.8 Å². The molecule has 2 fully saturated rings. The Morgan fingerprint density at radius 1 is 1.19 bits per heavy atom. The van der Waals surface area contributed by atoms with Crippen LogP contribution in [0.3, 0.4) is 0 Å². The van der Waals surface area contributed by atoms with Crippen molar-refractivity contribution in [2.45, 2.75) is 32.7 Å². The average Bonchev–Trinajstić information content (AvgIpc) is 3.35. The van der Waals surface area contributed by atoms with Crippen LogP contribution < -0.4 is 10.1 Å². The zero-order chi connectivity index (χ0) is 19.6. The van der Waals surface area contributed by atoms with Crippen molar-refractivity contribution < 1.29 is 22.7 Å². The first kappa shape index (κ1) is 19.7. The highest BCUT2D eigenvalue weighted by Crippen LogP contribution is 2.41. The number of rotatable bonds is 7. The largest absolute Gasteiger partial charge is 0.494 e. The molecule has 0 spiro atoms. The second-order valence-corrected chi connectivity index (χ2v) is 9.31. The Bertz CT molecular complexity index is 806.